The minimum absolute atomic E-state index is 0.108. The van der Waals surface area contributed by atoms with E-state index in [1.165, 1.54) is 5.56 Å². The van der Waals surface area contributed by atoms with Gasteiger partial charge in [-0.1, -0.05) is 48.2 Å². The summed E-state index contributed by atoms with van der Waals surface area (Å²) in [5, 5.41) is 2.91. The maximum Gasteiger partial charge on any atom is 0.251 e. The molecule has 2 aromatic carbocycles. The smallest absolute Gasteiger partial charge is 0.251 e. The van der Waals surface area contributed by atoms with Crippen LogP contribution < -0.4 is 5.32 Å². The second-order valence-electron chi connectivity index (χ2n) is 5.58. The number of benzene rings is 2. The molecule has 3 aromatic rings. The molecule has 1 aromatic heterocycles. The number of carbonyl (C=O) groups is 1. The van der Waals surface area contributed by atoms with Crippen molar-refractivity contribution < 1.29 is 4.79 Å². The molecule has 0 aliphatic rings. The van der Waals surface area contributed by atoms with Gasteiger partial charge in [-0.3, -0.25) is 9.78 Å². The van der Waals surface area contributed by atoms with Gasteiger partial charge in [0, 0.05) is 36.5 Å². The summed E-state index contributed by atoms with van der Waals surface area (Å²) in [6, 6.07) is 21.3. The lowest BCUT2D eigenvalue weighted by Gasteiger charge is -2.05. The lowest BCUT2D eigenvalue weighted by molar-refractivity contribution is 0.0951. The first-order valence-corrected chi connectivity index (χ1v) is 8.11. The van der Waals surface area contributed by atoms with Gasteiger partial charge in [-0.15, -0.1) is 0 Å². The van der Waals surface area contributed by atoms with Gasteiger partial charge in [0.05, 0.1) is 0 Å². The van der Waals surface area contributed by atoms with Gasteiger partial charge in [0.2, 0.25) is 0 Å². The Bertz CT molecular complexity index is 893. The molecule has 0 saturated heterocycles. The highest BCUT2D eigenvalue weighted by atomic mass is 16.1. The summed E-state index contributed by atoms with van der Waals surface area (Å²) in [4.78, 5) is 16.3. The normalized spacial score (nSPS) is 9.76. The predicted octanol–water partition coefficient (Wildman–Crippen LogP) is 3.61. The van der Waals surface area contributed by atoms with Crippen LogP contribution in [0.15, 0.2) is 79.1 Å². The Labute approximate surface area is 147 Å². The fourth-order valence-corrected chi connectivity index (χ4v) is 2.37. The Balaban J connectivity index is 1.62. The zero-order chi connectivity index (χ0) is 17.3. The number of rotatable bonds is 4. The van der Waals surface area contributed by atoms with E-state index >= 15 is 0 Å². The second kappa shape index (κ2) is 8.47. The molecule has 3 rings (SSSR count). The van der Waals surface area contributed by atoms with E-state index < -0.39 is 0 Å². The van der Waals surface area contributed by atoms with E-state index in [-0.39, 0.29) is 5.91 Å². The van der Waals surface area contributed by atoms with Crippen LogP contribution in [-0.2, 0) is 13.0 Å². The number of amides is 1. The fraction of sp³-hybridized carbons (Fsp3) is 0.0909. The van der Waals surface area contributed by atoms with Crippen molar-refractivity contribution in [3.05, 3.63) is 101 Å². The predicted molar refractivity (Wildman–Crippen MR) is 98.9 cm³/mol. The van der Waals surface area contributed by atoms with Crippen LogP contribution in [0, 0.1) is 11.8 Å². The van der Waals surface area contributed by atoms with Gasteiger partial charge < -0.3 is 5.32 Å². The summed E-state index contributed by atoms with van der Waals surface area (Å²) >= 11 is 0. The molecule has 0 aliphatic heterocycles. The van der Waals surface area contributed by atoms with Crippen molar-refractivity contribution in [2.75, 3.05) is 0 Å². The Hall–Kier alpha value is -3.38. The Morgan fingerprint density at radius 1 is 0.920 bits per heavy atom. The third kappa shape index (κ3) is 5.05. The highest BCUT2D eigenvalue weighted by Gasteiger charge is 2.05. The Morgan fingerprint density at radius 3 is 2.52 bits per heavy atom. The average molecular weight is 326 g/mol. The molecule has 122 valence electrons. The summed E-state index contributed by atoms with van der Waals surface area (Å²) in [5.41, 5.74) is 3.65. The maximum absolute atomic E-state index is 12.3. The van der Waals surface area contributed by atoms with Crippen molar-refractivity contribution in [3.63, 3.8) is 0 Å². The summed E-state index contributed by atoms with van der Waals surface area (Å²) < 4.78 is 0. The van der Waals surface area contributed by atoms with Crippen molar-refractivity contribution in [1.82, 2.24) is 10.3 Å². The molecular formula is C22H18N2O. The number of pyridine rings is 1. The highest BCUT2D eigenvalue weighted by molar-refractivity contribution is 5.94. The van der Waals surface area contributed by atoms with Crippen molar-refractivity contribution in [2.24, 2.45) is 0 Å². The van der Waals surface area contributed by atoms with E-state index in [9.17, 15) is 4.79 Å². The molecule has 0 fully saturated rings. The van der Waals surface area contributed by atoms with Crippen LogP contribution in [0.1, 0.15) is 27.0 Å². The molecule has 0 radical (unpaired) electrons. The topological polar surface area (TPSA) is 42.0 Å². The summed E-state index contributed by atoms with van der Waals surface area (Å²) in [5.74, 6) is 6.17. The van der Waals surface area contributed by atoms with Crippen LogP contribution >= 0.6 is 0 Å². The molecule has 0 atom stereocenters. The van der Waals surface area contributed by atoms with Crippen molar-refractivity contribution in [2.45, 2.75) is 13.0 Å². The highest BCUT2D eigenvalue weighted by Crippen LogP contribution is 2.06. The van der Waals surface area contributed by atoms with Gasteiger partial charge in [0.1, 0.15) is 0 Å². The number of nitrogens with zero attached hydrogens (tertiary/aromatic N) is 1. The lowest BCUT2D eigenvalue weighted by Crippen LogP contribution is -2.22. The largest absolute Gasteiger partial charge is 0.348 e. The molecule has 1 heterocycles. The second-order valence-corrected chi connectivity index (χ2v) is 5.58. The van der Waals surface area contributed by atoms with Crippen molar-refractivity contribution in [1.29, 1.82) is 0 Å². The van der Waals surface area contributed by atoms with Crippen LogP contribution in [0.5, 0.6) is 0 Å². The van der Waals surface area contributed by atoms with Crippen LogP contribution in [0.25, 0.3) is 0 Å². The first kappa shape index (κ1) is 16.5. The minimum atomic E-state index is -0.108. The Kier molecular flexibility index (Phi) is 5.58. The molecule has 3 nitrogen and oxygen atoms in total. The molecule has 1 N–H and O–H groups in total. The molecule has 0 spiro atoms. The fourth-order valence-electron chi connectivity index (χ4n) is 2.37. The molecular weight excluding hydrogens is 308 g/mol. The molecule has 0 saturated carbocycles. The van der Waals surface area contributed by atoms with Crippen molar-refractivity contribution in [3.8, 4) is 11.8 Å². The van der Waals surface area contributed by atoms with Gasteiger partial charge in [-0.05, 0) is 41.5 Å². The van der Waals surface area contributed by atoms with E-state index in [0.717, 1.165) is 11.1 Å². The summed E-state index contributed by atoms with van der Waals surface area (Å²) in [6.45, 7) is 0.477. The summed E-state index contributed by atoms with van der Waals surface area (Å²) in [6.07, 6.45) is 4.12. The molecule has 0 unspecified atom stereocenters. The van der Waals surface area contributed by atoms with Crippen molar-refractivity contribution >= 4 is 5.91 Å². The summed E-state index contributed by atoms with van der Waals surface area (Å²) in [7, 11) is 0. The lowest BCUT2D eigenvalue weighted by atomic mass is 10.1. The van der Waals surface area contributed by atoms with Crippen LogP contribution in [0.2, 0.25) is 0 Å². The standard InChI is InChI=1S/C22H18N2O/c25-22(24-17-20-12-14-23-15-13-20)21-11-5-10-19(16-21)9-4-8-18-6-2-1-3-7-18/h1-3,5-7,10-16H,8,17H2,(H,24,25). The number of hydrogen-bond acceptors (Lipinski definition) is 2. The number of carbonyl (C=O) groups excluding carboxylic acids is 1. The monoisotopic (exact) mass is 326 g/mol. The molecule has 1 amide bonds. The zero-order valence-electron chi connectivity index (χ0n) is 13.8. The number of hydrogen-bond donors (Lipinski definition) is 1. The SMILES string of the molecule is O=C(NCc1ccncc1)c1cccc(C#CCc2ccccc2)c1. The van der Waals surface area contributed by atoms with E-state index in [4.69, 9.17) is 0 Å². The van der Waals surface area contributed by atoms with E-state index in [1.54, 1.807) is 18.5 Å². The average Bonchev–Trinajstić information content (AvgIpc) is 2.68. The van der Waals surface area contributed by atoms with Crippen LogP contribution in [0.4, 0.5) is 0 Å². The molecule has 25 heavy (non-hydrogen) atoms. The van der Waals surface area contributed by atoms with Crippen LogP contribution in [-0.4, -0.2) is 10.9 Å². The van der Waals surface area contributed by atoms with Gasteiger partial charge >= 0.3 is 0 Å². The Morgan fingerprint density at radius 2 is 1.72 bits per heavy atom. The van der Waals surface area contributed by atoms with Gasteiger partial charge in [0.25, 0.3) is 5.91 Å². The first-order chi connectivity index (χ1) is 12.3. The zero-order valence-corrected chi connectivity index (χ0v) is 13.8. The number of aromatic nitrogens is 1. The van der Waals surface area contributed by atoms with E-state index in [2.05, 4.69) is 34.3 Å². The van der Waals surface area contributed by atoms with E-state index in [1.807, 2.05) is 48.5 Å². The van der Waals surface area contributed by atoms with Gasteiger partial charge in [0.15, 0.2) is 0 Å². The molecule has 0 bridgehead atoms. The van der Waals surface area contributed by atoms with E-state index in [0.29, 0.717) is 18.5 Å². The van der Waals surface area contributed by atoms with Gasteiger partial charge in [-0.2, -0.15) is 0 Å². The molecule has 0 aliphatic carbocycles. The van der Waals surface area contributed by atoms with Gasteiger partial charge in [-0.25, -0.2) is 0 Å². The third-order valence-corrected chi connectivity index (χ3v) is 3.70. The van der Waals surface area contributed by atoms with Crippen LogP contribution in [0.3, 0.4) is 0 Å². The minimum Gasteiger partial charge on any atom is -0.348 e. The first-order valence-electron chi connectivity index (χ1n) is 8.11. The quantitative estimate of drug-likeness (QED) is 0.744. The number of nitrogens with one attached hydrogen (secondary N) is 1. The third-order valence-electron chi connectivity index (χ3n) is 3.70. The molecule has 3 heteroatoms. The maximum atomic E-state index is 12.3.